The van der Waals surface area contributed by atoms with Crippen LogP contribution in [-0.4, -0.2) is 31.1 Å². The Hall–Kier alpha value is -1.26. The SMILES string of the molecule is CCNC(=O)[C@@H]1C[C@@H](N=[N+]=[N-])CN1. The van der Waals surface area contributed by atoms with Crippen LogP contribution in [-0.2, 0) is 4.79 Å². The van der Waals surface area contributed by atoms with E-state index in [9.17, 15) is 4.79 Å². The van der Waals surface area contributed by atoms with Gasteiger partial charge in [-0.25, -0.2) is 0 Å². The normalized spacial score (nSPS) is 26.5. The predicted octanol–water partition coefficient (Wildman–Crippen LogP) is 0.163. The van der Waals surface area contributed by atoms with Crippen LogP contribution >= 0.6 is 0 Å². The minimum atomic E-state index is -0.199. The van der Waals surface area contributed by atoms with Crippen LogP contribution in [0.4, 0.5) is 0 Å². The van der Waals surface area contributed by atoms with Crippen molar-refractivity contribution < 1.29 is 4.79 Å². The number of amides is 1. The van der Waals surface area contributed by atoms with Crippen LogP contribution in [0.2, 0.25) is 0 Å². The summed E-state index contributed by atoms with van der Waals surface area (Å²) in [5.74, 6) is -0.0156. The van der Waals surface area contributed by atoms with Crippen LogP contribution < -0.4 is 10.6 Å². The first-order valence-electron chi connectivity index (χ1n) is 4.33. The van der Waals surface area contributed by atoms with Crippen LogP contribution in [0.25, 0.3) is 10.4 Å². The molecule has 1 heterocycles. The fourth-order valence-electron chi connectivity index (χ4n) is 1.38. The van der Waals surface area contributed by atoms with E-state index in [4.69, 9.17) is 5.53 Å². The molecule has 1 rings (SSSR count). The van der Waals surface area contributed by atoms with E-state index in [0.29, 0.717) is 19.5 Å². The lowest BCUT2D eigenvalue weighted by atomic mass is 10.2. The molecule has 6 heteroatoms. The van der Waals surface area contributed by atoms with Crippen molar-refractivity contribution in [3.8, 4) is 0 Å². The van der Waals surface area contributed by atoms with Crippen molar-refractivity contribution in [2.75, 3.05) is 13.1 Å². The molecule has 72 valence electrons. The number of carbonyl (C=O) groups excluding carboxylic acids is 1. The first-order valence-corrected chi connectivity index (χ1v) is 4.33. The molecule has 1 aliphatic rings. The van der Waals surface area contributed by atoms with Gasteiger partial charge < -0.3 is 10.6 Å². The second-order valence-corrected chi connectivity index (χ2v) is 2.95. The molecular formula is C7H13N5O. The number of rotatable bonds is 3. The van der Waals surface area contributed by atoms with Gasteiger partial charge in [-0.05, 0) is 18.9 Å². The Labute approximate surface area is 76.3 Å². The van der Waals surface area contributed by atoms with E-state index in [1.807, 2.05) is 6.92 Å². The molecule has 13 heavy (non-hydrogen) atoms. The molecule has 0 aliphatic carbocycles. The third kappa shape index (κ3) is 2.61. The van der Waals surface area contributed by atoms with E-state index in [1.54, 1.807) is 0 Å². The Bertz CT molecular complexity index is 235. The van der Waals surface area contributed by atoms with Crippen molar-refractivity contribution >= 4 is 5.91 Å². The highest BCUT2D eigenvalue weighted by molar-refractivity contribution is 5.82. The summed E-state index contributed by atoms with van der Waals surface area (Å²) in [4.78, 5) is 14.0. The van der Waals surface area contributed by atoms with Gasteiger partial charge in [-0.15, -0.1) is 0 Å². The van der Waals surface area contributed by atoms with Crippen molar-refractivity contribution in [1.29, 1.82) is 0 Å². The van der Waals surface area contributed by atoms with Crippen molar-refractivity contribution in [3.05, 3.63) is 10.4 Å². The number of carbonyl (C=O) groups is 1. The standard InChI is InChI=1S/C7H13N5O/c1-2-9-7(13)6-3-5(4-10-6)11-12-8/h5-6,10H,2-4H2,1H3,(H,9,13)/t5-,6+/m1/s1. The van der Waals surface area contributed by atoms with Gasteiger partial charge in [0, 0.05) is 18.0 Å². The third-order valence-corrected chi connectivity index (χ3v) is 1.99. The van der Waals surface area contributed by atoms with E-state index in [2.05, 4.69) is 20.7 Å². The predicted molar refractivity (Wildman–Crippen MR) is 48.0 cm³/mol. The van der Waals surface area contributed by atoms with E-state index in [1.165, 1.54) is 0 Å². The fourth-order valence-corrected chi connectivity index (χ4v) is 1.38. The molecule has 0 unspecified atom stereocenters. The molecule has 0 aromatic heterocycles. The average molecular weight is 183 g/mol. The van der Waals surface area contributed by atoms with Crippen LogP contribution in [0.5, 0.6) is 0 Å². The molecule has 2 N–H and O–H groups in total. The minimum absolute atomic E-state index is 0.0156. The summed E-state index contributed by atoms with van der Waals surface area (Å²) in [6.45, 7) is 3.09. The van der Waals surface area contributed by atoms with Gasteiger partial charge in [-0.2, -0.15) is 0 Å². The lowest BCUT2D eigenvalue weighted by Crippen LogP contribution is -2.40. The number of nitrogens with one attached hydrogen (secondary N) is 2. The Balaban J connectivity index is 2.40. The van der Waals surface area contributed by atoms with Crippen LogP contribution in [0, 0.1) is 0 Å². The molecule has 0 saturated carbocycles. The zero-order chi connectivity index (χ0) is 9.68. The minimum Gasteiger partial charge on any atom is -0.355 e. The molecule has 2 atom stereocenters. The topological polar surface area (TPSA) is 89.9 Å². The van der Waals surface area contributed by atoms with Crippen molar-refractivity contribution in [3.63, 3.8) is 0 Å². The van der Waals surface area contributed by atoms with Gasteiger partial charge in [-0.1, -0.05) is 5.11 Å². The first kappa shape index (κ1) is 9.83. The summed E-state index contributed by atoms with van der Waals surface area (Å²) in [7, 11) is 0. The Morgan fingerprint density at radius 2 is 2.62 bits per heavy atom. The lowest BCUT2D eigenvalue weighted by Gasteiger charge is -2.08. The van der Waals surface area contributed by atoms with Gasteiger partial charge in [0.15, 0.2) is 0 Å². The van der Waals surface area contributed by atoms with E-state index in [-0.39, 0.29) is 18.0 Å². The van der Waals surface area contributed by atoms with Crippen LogP contribution in [0.3, 0.4) is 0 Å². The molecule has 6 nitrogen and oxygen atoms in total. The van der Waals surface area contributed by atoms with Crippen molar-refractivity contribution in [1.82, 2.24) is 10.6 Å². The number of hydrogen-bond donors (Lipinski definition) is 2. The zero-order valence-electron chi connectivity index (χ0n) is 7.53. The van der Waals surface area contributed by atoms with Gasteiger partial charge in [0.2, 0.25) is 5.91 Å². The maximum Gasteiger partial charge on any atom is 0.237 e. The number of azide groups is 1. The van der Waals surface area contributed by atoms with Gasteiger partial charge in [0.1, 0.15) is 0 Å². The monoisotopic (exact) mass is 183 g/mol. The van der Waals surface area contributed by atoms with Crippen LogP contribution in [0.15, 0.2) is 5.11 Å². The van der Waals surface area contributed by atoms with E-state index in [0.717, 1.165) is 0 Å². The molecule has 0 aromatic rings. The quantitative estimate of drug-likeness (QED) is 0.371. The molecule has 0 aromatic carbocycles. The number of hydrogen-bond acceptors (Lipinski definition) is 3. The average Bonchev–Trinajstić information content (AvgIpc) is 2.54. The number of nitrogens with zero attached hydrogens (tertiary/aromatic N) is 3. The fraction of sp³-hybridized carbons (Fsp3) is 0.857. The van der Waals surface area contributed by atoms with Gasteiger partial charge >= 0.3 is 0 Å². The summed E-state index contributed by atoms with van der Waals surface area (Å²) >= 11 is 0. The van der Waals surface area contributed by atoms with Crippen molar-refractivity contribution in [2.24, 2.45) is 5.11 Å². The molecule has 0 bridgehead atoms. The second kappa shape index (κ2) is 4.69. The lowest BCUT2D eigenvalue weighted by molar-refractivity contribution is -0.122. The van der Waals surface area contributed by atoms with E-state index >= 15 is 0 Å². The maximum atomic E-state index is 11.3. The van der Waals surface area contributed by atoms with Crippen molar-refractivity contribution in [2.45, 2.75) is 25.4 Å². The maximum absolute atomic E-state index is 11.3. The molecular weight excluding hydrogens is 170 g/mol. The summed E-state index contributed by atoms with van der Waals surface area (Å²) in [6.07, 6.45) is 0.593. The molecule has 1 fully saturated rings. The van der Waals surface area contributed by atoms with Gasteiger partial charge in [0.05, 0.1) is 12.1 Å². The highest BCUT2D eigenvalue weighted by atomic mass is 16.2. The van der Waals surface area contributed by atoms with E-state index < -0.39 is 0 Å². The largest absolute Gasteiger partial charge is 0.355 e. The Kier molecular flexibility index (Phi) is 3.54. The molecule has 1 amide bonds. The van der Waals surface area contributed by atoms with Gasteiger partial charge in [-0.3, -0.25) is 4.79 Å². The summed E-state index contributed by atoms with van der Waals surface area (Å²) in [5, 5.41) is 9.27. The summed E-state index contributed by atoms with van der Waals surface area (Å²) in [5.41, 5.74) is 8.18. The highest BCUT2D eigenvalue weighted by Gasteiger charge is 2.27. The number of likely N-dealkylation sites (N-methyl/N-ethyl adjacent to an activating group) is 1. The third-order valence-electron chi connectivity index (χ3n) is 1.99. The Morgan fingerprint density at radius 1 is 1.85 bits per heavy atom. The molecule has 1 aliphatic heterocycles. The second-order valence-electron chi connectivity index (χ2n) is 2.95. The zero-order valence-corrected chi connectivity index (χ0v) is 7.53. The molecule has 1 saturated heterocycles. The highest BCUT2D eigenvalue weighted by Crippen LogP contribution is 2.10. The summed E-state index contributed by atoms with van der Waals surface area (Å²) in [6, 6.07) is -0.284. The first-order chi connectivity index (χ1) is 6.27. The van der Waals surface area contributed by atoms with Gasteiger partial charge in [0.25, 0.3) is 0 Å². The Morgan fingerprint density at radius 3 is 3.23 bits per heavy atom. The molecule has 0 radical (unpaired) electrons. The van der Waals surface area contributed by atoms with Crippen LogP contribution in [0.1, 0.15) is 13.3 Å². The molecule has 0 spiro atoms. The summed E-state index contributed by atoms with van der Waals surface area (Å²) < 4.78 is 0. The smallest absolute Gasteiger partial charge is 0.237 e.